The lowest BCUT2D eigenvalue weighted by molar-refractivity contribution is -1.92. The Hall–Kier alpha value is -2.39. The van der Waals surface area contributed by atoms with Gasteiger partial charge in [0.05, 0.1) is 19.8 Å². The number of aromatic nitrogens is 2. The number of hydrogen-bond acceptors (Lipinski definition) is 6. The standard InChI is InChI=1S/C20H17N2S.ClHO4/c1-14-13-15(2)22-18(16-9-5-3-6-10-16)19(23-20(22)21-14)17-11-7-4-8-12-17;2-1(3,4)5/h3-13H,1-2H3;(H,2,3,4,5)/q+1;. The Morgan fingerprint density at radius 2 is 1.39 bits per heavy atom. The minimum absolute atomic E-state index is 1.04. The molecule has 0 aliphatic rings. The molecule has 0 aliphatic carbocycles. The van der Waals surface area contributed by atoms with Gasteiger partial charge < -0.3 is 0 Å². The summed E-state index contributed by atoms with van der Waals surface area (Å²) < 4.78 is 35.0. The van der Waals surface area contributed by atoms with Gasteiger partial charge in [-0.05, 0) is 28.8 Å². The molecule has 2 aromatic heterocycles. The Balaban J connectivity index is 0.000000403. The van der Waals surface area contributed by atoms with Crippen LogP contribution in [0.25, 0.3) is 26.7 Å². The van der Waals surface area contributed by atoms with Gasteiger partial charge in [-0.1, -0.05) is 60.7 Å². The number of nitrogens with zero attached hydrogens (tertiary/aromatic N) is 2. The lowest BCUT2D eigenvalue weighted by atomic mass is 10.1. The predicted molar refractivity (Wildman–Crippen MR) is 97.8 cm³/mol. The summed E-state index contributed by atoms with van der Waals surface area (Å²) in [4.78, 5) is 7.05. The summed E-state index contributed by atoms with van der Waals surface area (Å²) >= 11 is 1.75. The maximum Gasteiger partial charge on any atom is 0.388 e. The molecular weight excluding hydrogens is 400 g/mol. The summed E-state index contributed by atoms with van der Waals surface area (Å²) in [6.45, 7) is 4.20. The highest BCUT2D eigenvalue weighted by Crippen LogP contribution is 2.35. The predicted octanol–water partition coefficient (Wildman–Crippen LogP) is 0.709. The zero-order valence-corrected chi connectivity index (χ0v) is 16.8. The van der Waals surface area contributed by atoms with Crippen molar-refractivity contribution in [2.45, 2.75) is 13.8 Å². The fourth-order valence-corrected chi connectivity index (χ4v) is 4.23. The molecule has 0 aliphatic heterocycles. The van der Waals surface area contributed by atoms with Gasteiger partial charge in [0.1, 0.15) is 5.69 Å². The Bertz CT molecular complexity index is 1070. The highest BCUT2D eigenvalue weighted by atomic mass is 35.7. The second-order valence-corrected chi connectivity index (χ2v) is 7.83. The van der Waals surface area contributed by atoms with Gasteiger partial charge in [0.2, 0.25) is 0 Å². The van der Waals surface area contributed by atoms with Crippen LogP contribution in [0.15, 0.2) is 66.7 Å². The summed E-state index contributed by atoms with van der Waals surface area (Å²) in [5.41, 5.74) is 5.95. The first-order valence-corrected chi connectivity index (χ1v) is 10.4. The van der Waals surface area contributed by atoms with E-state index in [0.717, 1.165) is 10.7 Å². The molecule has 0 bridgehead atoms. The molecule has 0 saturated carbocycles. The molecule has 28 heavy (non-hydrogen) atoms. The van der Waals surface area contributed by atoms with Crippen LogP contribution in [-0.4, -0.2) is 9.64 Å². The van der Waals surface area contributed by atoms with Crippen molar-refractivity contribution in [3.05, 3.63) is 78.1 Å². The Labute approximate surface area is 168 Å². The molecule has 144 valence electrons. The molecule has 0 saturated heterocycles. The van der Waals surface area contributed by atoms with Gasteiger partial charge in [-0.3, -0.25) is 0 Å². The number of rotatable bonds is 2. The van der Waals surface area contributed by atoms with Crippen molar-refractivity contribution in [1.82, 2.24) is 4.98 Å². The molecule has 2 aromatic carbocycles. The highest BCUT2D eigenvalue weighted by Gasteiger charge is 2.24. The number of benzene rings is 2. The number of halogens is 1. The van der Waals surface area contributed by atoms with Crippen LogP contribution in [0.4, 0.5) is 0 Å². The molecule has 0 spiro atoms. The van der Waals surface area contributed by atoms with Crippen LogP contribution in [0.5, 0.6) is 0 Å². The topological polar surface area (TPSA) is 106 Å². The van der Waals surface area contributed by atoms with Crippen LogP contribution in [0.3, 0.4) is 0 Å². The lowest BCUT2D eigenvalue weighted by Crippen LogP contribution is -2.58. The van der Waals surface area contributed by atoms with Gasteiger partial charge in [-0.25, -0.2) is 0 Å². The number of aryl methyl sites for hydroxylation is 2. The van der Waals surface area contributed by atoms with Crippen molar-refractivity contribution in [2.75, 3.05) is 0 Å². The molecule has 8 heteroatoms. The van der Waals surface area contributed by atoms with E-state index >= 15 is 0 Å². The first kappa shape index (κ1) is 20.3. The molecular formula is C20H18ClN2O4S+. The third-order valence-electron chi connectivity index (χ3n) is 3.95. The fraction of sp³-hybridized carbons (Fsp3) is 0.100. The maximum atomic E-state index is 8.60. The quantitative estimate of drug-likeness (QED) is 0.483. The van der Waals surface area contributed by atoms with Gasteiger partial charge in [-0.15, -0.1) is 0 Å². The average Bonchev–Trinajstić information content (AvgIpc) is 3.01. The van der Waals surface area contributed by atoms with E-state index in [1.165, 1.54) is 27.4 Å². The SMILES string of the molecule is Cc1cc(C)[n+]2c(-c3ccccc3)c(-c3ccccc3)sc2n1.[O-][Cl+3]([O-])([O-])O. The summed E-state index contributed by atoms with van der Waals surface area (Å²) in [5, 5.41) is 0. The van der Waals surface area contributed by atoms with Crippen molar-refractivity contribution < 1.29 is 33.3 Å². The van der Waals surface area contributed by atoms with E-state index in [-0.39, 0.29) is 0 Å². The van der Waals surface area contributed by atoms with Crippen molar-refractivity contribution in [3.8, 4) is 21.7 Å². The monoisotopic (exact) mass is 417 g/mol. The van der Waals surface area contributed by atoms with E-state index in [1.54, 1.807) is 11.3 Å². The Morgan fingerprint density at radius 1 is 0.893 bits per heavy atom. The molecule has 2 heterocycles. The molecule has 0 amide bonds. The van der Waals surface area contributed by atoms with E-state index < -0.39 is 10.2 Å². The molecule has 0 radical (unpaired) electrons. The molecule has 6 nitrogen and oxygen atoms in total. The minimum atomic E-state index is -4.69. The average molecular weight is 418 g/mol. The molecule has 0 atom stereocenters. The van der Waals surface area contributed by atoms with Crippen LogP contribution in [0.2, 0.25) is 0 Å². The third kappa shape index (κ3) is 4.90. The van der Waals surface area contributed by atoms with Crippen LogP contribution in [-0.2, 0) is 0 Å². The van der Waals surface area contributed by atoms with Crippen LogP contribution < -0.4 is 18.4 Å². The maximum absolute atomic E-state index is 8.60. The largest absolute Gasteiger partial charge is 0.388 e. The number of fused-ring (bicyclic) bond motifs is 1. The van der Waals surface area contributed by atoms with E-state index in [2.05, 4.69) is 85.0 Å². The third-order valence-corrected chi connectivity index (χ3v) is 5.04. The van der Waals surface area contributed by atoms with E-state index in [4.69, 9.17) is 23.6 Å². The lowest BCUT2D eigenvalue weighted by Gasteiger charge is -2.03. The summed E-state index contributed by atoms with van der Waals surface area (Å²) in [6, 6.07) is 23.3. The van der Waals surface area contributed by atoms with Crippen molar-refractivity contribution in [1.29, 1.82) is 0 Å². The Kier molecular flexibility index (Phi) is 6.04. The van der Waals surface area contributed by atoms with Gasteiger partial charge in [0, 0.05) is 18.6 Å². The zero-order valence-electron chi connectivity index (χ0n) is 15.2. The zero-order chi connectivity index (χ0) is 20.3. The van der Waals surface area contributed by atoms with E-state index in [9.17, 15) is 0 Å². The highest BCUT2D eigenvalue weighted by molar-refractivity contribution is 7.20. The van der Waals surface area contributed by atoms with E-state index in [1.807, 2.05) is 0 Å². The van der Waals surface area contributed by atoms with Crippen molar-refractivity contribution in [3.63, 3.8) is 0 Å². The summed E-state index contributed by atoms with van der Waals surface area (Å²) in [5.74, 6) is 0. The molecule has 4 rings (SSSR count). The second kappa shape index (κ2) is 8.32. The Morgan fingerprint density at radius 3 is 1.93 bits per heavy atom. The van der Waals surface area contributed by atoms with Gasteiger partial charge in [0.15, 0.2) is 11.4 Å². The van der Waals surface area contributed by atoms with Crippen LogP contribution in [0.1, 0.15) is 11.4 Å². The molecule has 0 unspecified atom stereocenters. The van der Waals surface area contributed by atoms with Crippen LogP contribution >= 0.6 is 11.3 Å². The van der Waals surface area contributed by atoms with Crippen molar-refractivity contribution >= 4 is 16.3 Å². The first-order valence-electron chi connectivity index (χ1n) is 8.31. The van der Waals surface area contributed by atoms with Gasteiger partial charge >= 0.3 is 4.96 Å². The first-order chi connectivity index (χ1) is 13.2. The molecule has 0 fully saturated rings. The van der Waals surface area contributed by atoms with Gasteiger partial charge in [-0.2, -0.15) is 18.4 Å². The fourth-order valence-electron chi connectivity index (χ4n) is 2.97. The number of hydrogen-bond donors (Lipinski definition) is 1. The normalized spacial score (nSPS) is 11.2. The van der Waals surface area contributed by atoms with E-state index in [0.29, 0.717) is 0 Å². The van der Waals surface area contributed by atoms with Gasteiger partial charge in [0.25, 0.3) is 0 Å². The summed E-state index contributed by atoms with van der Waals surface area (Å²) in [6.07, 6.45) is 0. The van der Waals surface area contributed by atoms with Crippen molar-refractivity contribution in [2.24, 2.45) is 0 Å². The molecule has 4 aromatic rings. The minimum Gasteiger partial charge on any atom is -0.183 e. The number of thiazole rings is 1. The smallest absolute Gasteiger partial charge is 0.183 e. The van der Waals surface area contributed by atoms with Crippen LogP contribution in [0, 0.1) is 24.1 Å². The second-order valence-electron chi connectivity index (χ2n) is 6.06. The summed E-state index contributed by atoms with van der Waals surface area (Å²) in [7, 11) is -4.69. The molecule has 1 N–H and O–H groups in total.